The zero-order valence-electron chi connectivity index (χ0n) is 7.94. The van der Waals surface area contributed by atoms with Crippen LogP contribution in [0, 0.1) is 0 Å². The van der Waals surface area contributed by atoms with Gasteiger partial charge in [0.2, 0.25) is 0 Å². The second-order valence-corrected chi connectivity index (χ2v) is 3.64. The first-order valence-electron chi connectivity index (χ1n) is 4.44. The maximum absolute atomic E-state index is 5.86. The summed E-state index contributed by atoms with van der Waals surface area (Å²) in [5.41, 5.74) is 13.9. The van der Waals surface area contributed by atoms with Crippen LogP contribution in [-0.2, 0) is 0 Å². The third-order valence-corrected chi connectivity index (χ3v) is 2.31. The number of pyridine rings is 1. The molecule has 0 fully saturated rings. The summed E-state index contributed by atoms with van der Waals surface area (Å²) in [4.78, 5) is 3.99. The Morgan fingerprint density at radius 3 is 2.40 bits per heavy atom. The summed E-state index contributed by atoms with van der Waals surface area (Å²) in [7, 11) is 0. The maximum Gasteiger partial charge on any atom is 0.131 e. The van der Waals surface area contributed by atoms with E-state index in [1.807, 2.05) is 24.3 Å². The highest BCUT2D eigenvalue weighted by Gasteiger charge is 2.04. The van der Waals surface area contributed by atoms with Gasteiger partial charge < -0.3 is 11.5 Å². The highest BCUT2D eigenvalue weighted by molar-refractivity contribution is 6.30. The molecule has 1 heterocycles. The number of rotatable bonds is 1. The smallest absolute Gasteiger partial charge is 0.131 e. The van der Waals surface area contributed by atoms with Gasteiger partial charge in [-0.05, 0) is 23.8 Å². The second kappa shape index (κ2) is 3.79. The Bertz CT molecular complexity index is 480. The van der Waals surface area contributed by atoms with Crippen molar-refractivity contribution in [2.75, 3.05) is 11.5 Å². The summed E-state index contributed by atoms with van der Waals surface area (Å²) in [6.07, 6.45) is 1.53. The standard InChI is InChI=1S/C11H10ClN3/c12-8-5-10(11(14)15-6-8)7-1-3-9(13)4-2-7/h1-6H,13H2,(H2,14,15). The Morgan fingerprint density at radius 1 is 1.07 bits per heavy atom. The predicted molar refractivity (Wildman–Crippen MR) is 63.5 cm³/mol. The number of hydrogen-bond donors (Lipinski definition) is 2. The van der Waals surface area contributed by atoms with Gasteiger partial charge in [-0.3, -0.25) is 0 Å². The van der Waals surface area contributed by atoms with E-state index in [9.17, 15) is 0 Å². The van der Waals surface area contributed by atoms with Crippen molar-refractivity contribution in [3.8, 4) is 11.1 Å². The van der Waals surface area contributed by atoms with Crippen molar-refractivity contribution < 1.29 is 0 Å². The van der Waals surface area contributed by atoms with Crippen LogP contribution in [0.2, 0.25) is 5.02 Å². The molecule has 1 aromatic heterocycles. The van der Waals surface area contributed by atoms with Gasteiger partial charge in [-0.15, -0.1) is 0 Å². The van der Waals surface area contributed by atoms with Crippen LogP contribution < -0.4 is 11.5 Å². The molecule has 76 valence electrons. The van der Waals surface area contributed by atoms with Gasteiger partial charge in [-0.25, -0.2) is 4.98 Å². The highest BCUT2D eigenvalue weighted by Crippen LogP contribution is 2.27. The minimum atomic E-state index is 0.462. The van der Waals surface area contributed by atoms with Crippen molar-refractivity contribution in [2.45, 2.75) is 0 Å². The minimum absolute atomic E-state index is 0.462. The van der Waals surface area contributed by atoms with Gasteiger partial charge in [-0.1, -0.05) is 23.7 Å². The van der Waals surface area contributed by atoms with E-state index < -0.39 is 0 Å². The summed E-state index contributed by atoms with van der Waals surface area (Å²) in [5.74, 6) is 0.462. The van der Waals surface area contributed by atoms with E-state index in [0.717, 1.165) is 11.1 Å². The first-order chi connectivity index (χ1) is 7.16. The van der Waals surface area contributed by atoms with E-state index in [1.165, 1.54) is 6.20 Å². The lowest BCUT2D eigenvalue weighted by Gasteiger charge is -2.05. The lowest BCUT2D eigenvalue weighted by Crippen LogP contribution is -1.94. The Labute approximate surface area is 92.7 Å². The first-order valence-corrected chi connectivity index (χ1v) is 4.81. The van der Waals surface area contributed by atoms with Gasteiger partial charge in [0.1, 0.15) is 5.82 Å². The van der Waals surface area contributed by atoms with Crippen molar-refractivity contribution in [3.05, 3.63) is 41.6 Å². The third kappa shape index (κ3) is 2.02. The number of aromatic nitrogens is 1. The number of anilines is 2. The zero-order chi connectivity index (χ0) is 10.8. The minimum Gasteiger partial charge on any atom is -0.399 e. The Balaban J connectivity index is 2.53. The topological polar surface area (TPSA) is 64.9 Å². The van der Waals surface area contributed by atoms with E-state index in [-0.39, 0.29) is 0 Å². The fourth-order valence-corrected chi connectivity index (χ4v) is 1.50. The zero-order valence-corrected chi connectivity index (χ0v) is 8.70. The molecular weight excluding hydrogens is 210 g/mol. The summed E-state index contributed by atoms with van der Waals surface area (Å²) >= 11 is 5.86. The van der Waals surface area contributed by atoms with Crippen molar-refractivity contribution in [1.29, 1.82) is 0 Å². The largest absolute Gasteiger partial charge is 0.399 e. The molecule has 4 N–H and O–H groups in total. The van der Waals surface area contributed by atoms with Gasteiger partial charge in [0, 0.05) is 17.4 Å². The normalized spacial score (nSPS) is 10.2. The predicted octanol–water partition coefficient (Wildman–Crippen LogP) is 2.57. The Hall–Kier alpha value is -1.74. The van der Waals surface area contributed by atoms with Gasteiger partial charge in [0.05, 0.1) is 5.02 Å². The molecule has 0 saturated heterocycles. The van der Waals surface area contributed by atoms with Crippen LogP contribution in [0.15, 0.2) is 36.5 Å². The van der Waals surface area contributed by atoms with Crippen molar-refractivity contribution in [1.82, 2.24) is 4.98 Å². The van der Waals surface area contributed by atoms with Crippen molar-refractivity contribution in [2.24, 2.45) is 0 Å². The summed E-state index contributed by atoms with van der Waals surface area (Å²) in [6.45, 7) is 0. The molecule has 0 bridgehead atoms. The maximum atomic E-state index is 5.86. The fourth-order valence-electron chi connectivity index (χ4n) is 1.34. The second-order valence-electron chi connectivity index (χ2n) is 3.21. The van der Waals surface area contributed by atoms with Gasteiger partial charge in [0.25, 0.3) is 0 Å². The highest BCUT2D eigenvalue weighted by atomic mass is 35.5. The van der Waals surface area contributed by atoms with Crippen LogP contribution in [0.5, 0.6) is 0 Å². The van der Waals surface area contributed by atoms with Crippen LogP contribution in [0.1, 0.15) is 0 Å². The van der Waals surface area contributed by atoms with Crippen LogP contribution >= 0.6 is 11.6 Å². The molecule has 0 radical (unpaired) electrons. The number of nitrogen functional groups attached to an aromatic ring is 2. The number of benzene rings is 1. The number of nitrogens with two attached hydrogens (primary N) is 2. The molecule has 1 aromatic carbocycles. The monoisotopic (exact) mass is 219 g/mol. The van der Waals surface area contributed by atoms with Crippen LogP contribution in [0.3, 0.4) is 0 Å². The summed E-state index contributed by atoms with van der Waals surface area (Å²) in [6, 6.07) is 9.19. The SMILES string of the molecule is Nc1ccc(-c2cc(Cl)cnc2N)cc1. The van der Waals surface area contributed by atoms with E-state index in [1.54, 1.807) is 6.07 Å². The fraction of sp³-hybridized carbons (Fsp3) is 0. The molecule has 3 nitrogen and oxygen atoms in total. The summed E-state index contributed by atoms with van der Waals surface area (Å²) < 4.78 is 0. The van der Waals surface area contributed by atoms with Crippen molar-refractivity contribution >= 4 is 23.1 Å². The molecule has 4 heteroatoms. The lowest BCUT2D eigenvalue weighted by molar-refractivity contribution is 1.34. The molecule has 15 heavy (non-hydrogen) atoms. The van der Waals surface area contributed by atoms with E-state index in [0.29, 0.717) is 16.5 Å². The van der Waals surface area contributed by atoms with Gasteiger partial charge >= 0.3 is 0 Å². The number of hydrogen-bond acceptors (Lipinski definition) is 3. The van der Waals surface area contributed by atoms with E-state index in [2.05, 4.69) is 4.98 Å². The van der Waals surface area contributed by atoms with E-state index in [4.69, 9.17) is 23.1 Å². The Morgan fingerprint density at radius 2 is 1.73 bits per heavy atom. The first kappa shape index (κ1) is 9.80. The average Bonchev–Trinajstić information content (AvgIpc) is 2.23. The number of nitrogens with zero attached hydrogens (tertiary/aromatic N) is 1. The lowest BCUT2D eigenvalue weighted by atomic mass is 10.1. The molecule has 0 spiro atoms. The molecule has 0 aliphatic rings. The molecule has 0 aliphatic carbocycles. The van der Waals surface area contributed by atoms with Crippen LogP contribution in [0.4, 0.5) is 11.5 Å². The Kier molecular flexibility index (Phi) is 2.47. The quantitative estimate of drug-likeness (QED) is 0.725. The van der Waals surface area contributed by atoms with Gasteiger partial charge in [0.15, 0.2) is 0 Å². The van der Waals surface area contributed by atoms with Gasteiger partial charge in [-0.2, -0.15) is 0 Å². The van der Waals surface area contributed by atoms with Crippen LogP contribution in [-0.4, -0.2) is 4.98 Å². The molecule has 0 unspecified atom stereocenters. The molecule has 0 amide bonds. The van der Waals surface area contributed by atoms with E-state index >= 15 is 0 Å². The molecule has 0 atom stereocenters. The number of halogens is 1. The summed E-state index contributed by atoms with van der Waals surface area (Å²) in [5, 5.41) is 0.566. The molecule has 0 saturated carbocycles. The molecule has 2 rings (SSSR count). The molecule has 2 aromatic rings. The third-order valence-electron chi connectivity index (χ3n) is 2.11. The van der Waals surface area contributed by atoms with Crippen LogP contribution in [0.25, 0.3) is 11.1 Å². The van der Waals surface area contributed by atoms with Crippen molar-refractivity contribution in [3.63, 3.8) is 0 Å². The molecule has 0 aliphatic heterocycles. The molecular formula is C11H10ClN3. The average molecular weight is 220 g/mol.